The van der Waals surface area contributed by atoms with Gasteiger partial charge in [-0.15, -0.1) is 12.4 Å². The molecule has 0 aliphatic carbocycles. The van der Waals surface area contributed by atoms with Gasteiger partial charge in [0.05, 0.1) is 13.1 Å². The molecule has 2 N–H and O–H groups in total. The number of nitrogens with zero attached hydrogens (tertiary/aromatic N) is 1. The van der Waals surface area contributed by atoms with Gasteiger partial charge in [-0.05, 0) is 24.3 Å². The summed E-state index contributed by atoms with van der Waals surface area (Å²) in [7, 11) is 0. The maximum Gasteiger partial charge on any atom is 0.243 e. The van der Waals surface area contributed by atoms with Crippen LogP contribution >= 0.6 is 24.0 Å². The van der Waals surface area contributed by atoms with E-state index in [1.54, 1.807) is 29.2 Å². The van der Waals surface area contributed by atoms with Gasteiger partial charge >= 0.3 is 0 Å². The van der Waals surface area contributed by atoms with Crippen molar-refractivity contribution in [1.82, 2.24) is 10.2 Å². The van der Waals surface area contributed by atoms with Crippen molar-refractivity contribution in [2.75, 3.05) is 31.5 Å². The van der Waals surface area contributed by atoms with Crippen LogP contribution < -0.4 is 10.6 Å². The zero-order valence-corrected chi connectivity index (χ0v) is 11.8. The topological polar surface area (TPSA) is 61.4 Å². The second-order valence-electron chi connectivity index (χ2n) is 4.05. The summed E-state index contributed by atoms with van der Waals surface area (Å²) in [5.74, 6) is -0.250. The zero-order chi connectivity index (χ0) is 13.0. The number of carbonyl (C=O) groups excluding carboxylic acids is 2. The lowest BCUT2D eigenvalue weighted by molar-refractivity contribution is -0.135. The van der Waals surface area contributed by atoms with Crippen LogP contribution in [0.4, 0.5) is 5.69 Å². The minimum Gasteiger partial charge on any atom is -0.331 e. The lowest BCUT2D eigenvalue weighted by Gasteiger charge is -2.26. The standard InChI is InChI=1S/C12H14ClN3O2.ClH/c13-9-1-3-10(4-2-9)15-11(17)8-16-6-5-14-7-12(16)18;/h1-4,14H,5-8H2,(H,15,17);1H. The van der Waals surface area contributed by atoms with Crippen molar-refractivity contribution in [3.8, 4) is 0 Å². The summed E-state index contributed by atoms with van der Waals surface area (Å²) in [6, 6.07) is 6.85. The molecule has 1 saturated heterocycles. The maximum atomic E-state index is 11.8. The third-order valence-corrected chi connectivity index (χ3v) is 2.90. The Morgan fingerprint density at radius 2 is 2.05 bits per heavy atom. The molecule has 2 amide bonds. The van der Waals surface area contributed by atoms with Crippen LogP contribution in [-0.2, 0) is 9.59 Å². The lowest BCUT2D eigenvalue weighted by Crippen LogP contribution is -2.50. The smallest absolute Gasteiger partial charge is 0.243 e. The van der Waals surface area contributed by atoms with E-state index in [0.29, 0.717) is 23.8 Å². The number of rotatable bonds is 3. The first-order valence-corrected chi connectivity index (χ1v) is 6.07. The number of carbonyl (C=O) groups is 2. The highest BCUT2D eigenvalue weighted by Crippen LogP contribution is 2.13. The van der Waals surface area contributed by atoms with Crippen molar-refractivity contribution in [1.29, 1.82) is 0 Å². The monoisotopic (exact) mass is 303 g/mol. The first kappa shape index (κ1) is 15.8. The van der Waals surface area contributed by atoms with E-state index in [-0.39, 0.29) is 30.8 Å². The number of nitrogens with one attached hydrogen (secondary N) is 2. The van der Waals surface area contributed by atoms with Crippen molar-refractivity contribution >= 4 is 41.5 Å². The molecule has 0 saturated carbocycles. The number of hydrogen-bond donors (Lipinski definition) is 2. The lowest BCUT2D eigenvalue weighted by atomic mass is 10.3. The van der Waals surface area contributed by atoms with Crippen molar-refractivity contribution in [3.05, 3.63) is 29.3 Å². The van der Waals surface area contributed by atoms with E-state index in [1.807, 2.05) is 0 Å². The number of amides is 2. The molecule has 0 atom stereocenters. The number of hydrogen-bond acceptors (Lipinski definition) is 3. The van der Waals surface area contributed by atoms with Crippen LogP contribution in [0.3, 0.4) is 0 Å². The SMILES string of the molecule is Cl.O=C(CN1CCNCC1=O)Nc1ccc(Cl)cc1. The first-order chi connectivity index (χ1) is 8.65. The Kier molecular flexibility index (Phi) is 6.08. The molecule has 0 bridgehead atoms. The van der Waals surface area contributed by atoms with Crippen LogP contribution in [0.5, 0.6) is 0 Å². The van der Waals surface area contributed by atoms with E-state index in [0.717, 1.165) is 6.54 Å². The van der Waals surface area contributed by atoms with Crippen molar-refractivity contribution in [2.24, 2.45) is 0 Å². The van der Waals surface area contributed by atoms with Gasteiger partial charge in [0.2, 0.25) is 11.8 Å². The Hall–Kier alpha value is -1.30. The summed E-state index contributed by atoms with van der Waals surface area (Å²) in [4.78, 5) is 24.8. The molecule has 0 unspecified atom stereocenters. The molecule has 7 heteroatoms. The summed E-state index contributed by atoms with van der Waals surface area (Å²) in [5, 5.41) is 6.30. The number of halogens is 2. The van der Waals surface area contributed by atoms with Crippen molar-refractivity contribution in [3.63, 3.8) is 0 Å². The van der Waals surface area contributed by atoms with Crippen LogP contribution in [0, 0.1) is 0 Å². The molecule has 19 heavy (non-hydrogen) atoms. The third-order valence-electron chi connectivity index (χ3n) is 2.65. The molecule has 1 heterocycles. The van der Waals surface area contributed by atoms with E-state index >= 15 is 0 Å². The van der Waals surface area contributed by atoms with Gasteiger partial charge in [0.1, 0.15) is 0 Å². The highest BCUT2D eigenvalue weighted by Gasteiger charge is 2.19. The van der Waals surface area contributed by atoms with Crippen molar-refractivity contribution < 1.29 is 9.59 Å². The molecule has 0 aromatic heterocycles. The van der Waals surface area contributed by atoms with Gasteiger partial charge in [0, 0.05) is 23.8 Å². The molecule has 1 aromatic rings. The number of benzene rings is 1. The van der Waals surface area contributed by atoms with Gasteiger partial charge in [0.25, 0.3) is 0 Å². The second-order valence-corrected chi connectivity index (χ2v) is 4.48. The van der Waals surface area contributed by atoms with Gasteiger partial charge in [0.15, 0.2) is 0 Å². The fraction of sp³-hybridized carbons (Fsp3) is 0.333. The average Bonchev–Trinajstić information content (AvgIpc) is 2.35. The van der Waals surface area contributed by atoms with Crippen molar-refractivity contribution in [2.45, 2.75) is 0 Å². The minimum absolute atomic E-state index is 0. The Morgan fingerprint density at radius 3 is 2.68 bits per heavy atom. The molecule has 2 rings (SSSR count). The molecule has 0 radical (unpaired) electrons. The second kappa shape index (κ2) is 7.33. The summed E-state index contributed by atoms with van der Waals surface area (Å²) < 4.78 is 0. The summed E-state index contributed by atoms with van der Waals surface area (Å²) in [5.41, 5.74) is 0.673. The molecule has 104 valence electrons. The Balaban J connectivity index is 0.00000180. The average molecular weight is 304 g/mol. The Morgan fingerprint density at radius 1 is 1.37 bits per heavy atom. The molecule has 1 aliphatic heterocycles. The molecule has 0 spiro atoms. The van der Waals surface area contributed by atoms with E-state index in [2.05, 4.69) is 10.6 Å². The minimum atomic E-state index is -0.201. The van der Waals surface area contributed by atoms with Crippen LogP contribution in [-0.4, -0.2) is 42.9 Å². The van der Waals surface area contributed by atoms with E-state index in [1.165, 1.54) is 0 Å². The van der Waals surface area contributed by atoms with Gasteiger partial charge in [-0.25, -0.2) is 0 Å². The summed E-state index contributed by atoms with van der Waals surface area (Å²) in [6.45, 7) is 1.67. The fourth-order valence-corrected chi connectivity index (χ4v) is 1.85. The third kappa shape index (κ3) is 4.70. The van der Waals surface area contributed by atoms with Gasteiger partial charge < -0.3 is 15.5 Å². The van der Waals surface area contributed by atoms with E-state index in [9.17, 15) is 9.59 Å². The van der Waals surface area contributed by atoms with E-state index < -0.39 is 0 Å². The molecule has 1 aliphatic rings. The summed E-state index contributed by atoms with van der Waals surface area (Å²) in [6.07, 6.45) is 0. The highest BCUT2D eigenvalue weighted by atomic mass is 35.5. The zero-order valence-electron chi connectivity index (χ0n) is 10.2. The fourth-order valence-electron chi connectivity index (χ4n) is 1.72. The van der Waals surface area contributed by atoms with Gasteiger partial charge in [-0.3, -0.25) is 9.59 Å². The highest BCUT2D eigenvalue weighted by molar-refractivity contribution is 6.30. The number of piperazine rings is 1. The molecular formula is C12H15Cl2N3O2. The maximum absolute atomic E-state index is 11.8. The largest absolute Gasteiger partial charge is 0.331 e. The van der Waals surface area contributed by atoms with Crippen LogP contribution in [0.15, 0.2) is 24.3 Å². The van der Waals surface area contributed by atoms with Crippen LogP contribution in [0.2, 0.25) is 5.02 Å². The van der Waals surface area contributed by atoms with Gasteiger partial charge in [-0.1, -0.05) is 11.6 Å². The molecule has 1 fully saturated rings. The Bertz CT molecular complexity index is 451. The quantitative estimate of drug-likeness (QED) is 0.880. The van der Waals surface area contributed by atoms with Crippen LogP contribution in [0.25, 0.3) is 0 Å². The van der Waals surface area contributed by atoms with Gasteiger partial charge in [-0.2, -0.15) is 0 Å². The predicted molar refractivity (Wildman–Crippen MR) is 76.8 cm³/mol. The normalized spacial score (nSPS) is 14.8. The van der Waals surface area contributed by atoms with E-state index in [4.69, 9.17) is 11.6 Å². The molecular weight excluding hydrogens is 289 g/mol. The predicted octanol–water partition coefficient (Wildman–Crippen LogP) is 1.13. The Labute approximate surface area is 122 Å². The molecule has 5 nitrogen and oxygen atoms in total. The summed E-state index contributed by atoms with van der Waals surface area (Å²) >= 11 is 5.75. The molecule has 1 aromatic carbocycles. The first-order valence-electron chi connectivity index (χ1n) is 5.69. The number of anilines is 1. The van der Waals surface area contributed by atoms with Crippen LogP contribution in [0.1, 0.15) is 0 Å².